The second kappa shape index (κ2) is 9.22. The summed E-state index contributed by atoms with van der Waals surface area (Å²) in [5.41, 5.74) is 1.31. The van der Waals surface area contributed by atoms with E-state index in [1.807, 2.05) is 0 Å². The summed E-state index contributed by atoms with van der Waals surface area (Å²) in [5, 5.41) is 0.620. The average molecular weight is 445 g/mol. The number of benzene rings is 2. The van der Waals surface area contributed by atoms with Crippen LogP contribution >= 0.6 is 0 Å². The number of hydrogen-bond acceptors (Lipinski definition) is 6. The second-order valence-electron chi connectivity index (χ2n) is 6.93. The van der Waals surface area contributed by atoms with Gasteiger partial charge in [0.15, 0.2) is 0 Å². The Morgan fingerprint density at radius 3 is 2.39 bits per heavy atom. The fraction of sp³-hybridized carbons (Fsp3) is 0.273. The molecule has 0 saturated heterocycles. The van der Waals surface area contributed by atoms with Gasteiger partial charge >= 0.3 is 5.97 Å². The number of carbonyl (C=O) groups excluding carboxylic acids is 2. The summed E-state index contributed by atoms with van der Waals surface area (Å²) in [5.74, 6) is -0.347. The lowest BCUT2D eigenvalue weighted by molar-refractivity contribution is 0.0603. The van der Waals surface area contributed by atoms with Crippen LogP contribution in [0.5, 0.6) is 5.75 Å². The monoisotopic (exact) mass is 444 g/mol. The van der Waals surface area contributed by atoms with Crippen LogP contribution in [0.1, 0.15) is 28.0 Å². The summed E-state index contributed by atoms with van der Waals surface area (Å²) in [6, 6.07) is 13.9. The molecule has 0 atom stereocenters. The first kappa shape index (κ1) is 22.4. The van der Waals surface area contributed by atoms with E-state index < -0.39 is 16.0 Å². The van der Waals surface area contributed by atoms with Crippen LogP contribution in [0.15, 0.2) is 54.7 Å². The Balaban J connectivity index is 1.81. The van der Waals surface area contributed by atoms with Crippen molar-refractivity contribution in [2.75, 3.05) is 31.3 Å². The molecule has 0 amide bonds. The Hall–Kier alpha value is -3.33. The van der Waals surface area contributed by atoms with Crippen molar-refractivity contribution in [1.29, 1.82) is 0 Å². The largest absolute Gasteiger partial charge is 0.495 e. The van der Waals surface area contributed by atoms with Gasteiger partial charge in [0.2, 0.25) is 15.9 Å². The molecule has 0 N–H and O–H groups in total. The third-order valence-electron chi connectivity index (χ3n) is 4.89. The van der Waals surface area contributed by atoms with E-state index in [1.165, 1.54) is 29.3 Å². The maximum atomic E-state index is 12.9. The minimum atomic E-state index is -3.58. The number of sulfonamides is 1. The van der Waals surface area contributed by atoms with E-state index in [0.717, 1.165) is 6.26 Å². The van der Waals surface area contributed by atoms with Gasteiger partial charge < -0.3 is 9.47 Å². The van der Waals surface area contributed by atoms with E-state index in [2.05, 4.69) is 0 Å². The molecule has 0 fully saturated rings. The van der Waals surface area contributed by atoms with Crippen molar-refractivity contribution in [2.45, 2.75) is 12.8 Å². The third-order valence-corrected chi connectivity index (χ3v) is 6.07. The van der Waals surface area contributed by atoms with E-state index in [-0.39, 0.29) is 25.3 Å². The van der Waals surface area contributed by atoms with Crippen LogP contribution in [0, 0.1) is 0 Å². The number of anilines is 1. The normalized spacial score (nSPS) is 11.3. The molecule has 0 unspecified atom stereocenters. The van der Waals surface area contributed by atoms with Crippen molar-refractivity contribution < 1.29 is 27.5 Å². The minimum absolute atomic E-state index is 0.0838. The van der Waals surface area contributed by atoms with Gasteiger partial charge in [-0.3, -0.25) is 13.7 Å². The summed E-state index contributed by atoms with van der Waals surface area (Å²) in [4.78, 5) is 25.0. The summed E-state index contributed by atoms with van der Waals surface area (Å²) in [6.45, 7) is 0.105. The van der Waals surface area contributed by atoms with Gasteiger partial charge in [-0.05, 0) is 24.6 Å². The van der Waals surface area contributed by atoms with Crippen LogP contribution in [-0.2, 0) is 14.8 Å². The number of methoxy groups -OCH3 is 2. The molecule has 0 aliphatic carbocycles. The number of aromatic nitrogens is 1. The molecule has 3 rings (SSSR count). The second-order valence-corrected chi connectivity index (χ2v) is 8.83. The van der Waals surface area contributed by atoms with Gasteiger partial charge in [0.25, 0.3) is 0 Å². The van der Waals surface area contributed by atoms with E-state index in [1.54, 1.807) is 48.5 Å². The third kappa shape index (κ3) is 4.72. The van der Waals surface area contributed by atoms with Crippen molar-refractivity contribution in [1.82, 2.24) is 4.57 Å². The molecule has 9 heteroatoms. The number of esters is 1. The molecule has 0 saturated carbocycles. The molecule has 1 aromatic heterocycles. The number of carbonyl (C=O) groups is 2. The topological polar surface area (TPSA) is 94.9 Å². The molecule has 0 radical (unpaired) electrons. The molecule has 2 aromatic carbocycles. The lowest BCUT2D eigenvalue weighted by Gasteiger charge is -2.24. The standard InChI is InChI=1S/C22H24N2O6S/c1-29-20-12-7-6-11-19(20)24(31(3,27)28)14-8-13-21(25)23-15-17(22(26)30-2)16-9-4-5-10-18(16)23/h4-7,9-12,15H,8,13-14H2,1-3H3. The Bertz CT molecular complexity index is 1220. The number of hydrogen-bond donors (Lipinski definition) is 0. The molecular weight excluding hydrogens is 420 g/mol. The van der Waals surface area contributed by atoms with Crippen molar-refractivity contribution in [3.05, 3.63) is 60.3 Å². The first-order valence-corrected chi connectivity index (χ1v) is 11.4. The molecule has 1 heterocycles. The van der Waals surface area contributed by atoms with E-state index >= 15 is 0 Å². The Morgan fingerprint density at radius 1 is 1.03 bits per heavy atom. The lowest BCUT2D eigenvalue weighted by Crippen LogP contribution is -2.31. The molecule has 31 heavy (non-hydrogen) atoms. The van der Waals surface area contributed by atoms with E-state index in [9.17, 15) is 18.0 Å². The molecule has 0 bridgehead atoms. The molecule has 8 nitrogen and oxygen atoms in total. The van der Waals surface area contributed by atoms with Crippen molar-refractivity contribution >= 4 is 38.5 Å². The molecule has 3 aromatic rings. The van der Waals surface area contributed by atoms with Crippen LogP contribution in [0.25, 0.3) is 10.9 Å². The quantitative estimate of drug-likeness (QED) is 0.495. The fourth-order valence-electron chi connectivity index (χ4n) is 3.45. The highest BCUT2D eigenvalue weighted by molar-refractivity contribution is 7.92. The Kier molecular flexibility index (Phi) is 6.65. The fourth-order valence-corrected chi connectivity index (χ4v) is 4.42. The zero-order valence-corrected chi connectivity index (χ0v) is 18.4. The summed E-state index contributed by atoms with van der Waals surface area (Å²) >= 11 is 0. The van der Waals surface area contributed by atoms with Crippen molar-refractivity contribution in [3.8, 4) is 5.75 Å². The summed E-state index contributed by atoms with van der Waals surface area (Å²) in [6.07, 6.45) is 2.95. The zero-order valence-electron chi connectivity index (χ0n) is 17.6. The van der Waals surface area contributed by atoms with Crippen molar-refractivity contribution in [3.63, 3.8) is 0 Å². The predicted molar refractivity (Wildman–Crippen MR) is 118 cm³/mol. The maximum absolute atomic E-state index is 12.9. The minimum Gasteiger partial charge on any atom is -0.495 e. The highest BCUT2D eigenvalue weighted by atomic mass is 32.2. The highest BCUT2D eigenvalue weighted by Crippen LogP contribution is 2.30. The lowest BCUT2D eigenvalue weighted by atomic mass is 10.2. The van der Waals surface area contributed by atoms with Gasteiger partial charge in [-0.2, -0.15) is 0 Å². The maximum Gasteiger partial charge on any atom is 0.340 e. The van der Waals surface area contributed by atoms with Gasteiger partial charge in [-0.1, -0.05) is 30.3 Å². The molecule has 164 valence electrons. The molecule has 0 aliphatic rings. The highest BCUT2D eigenvalue weighted by Gasteiger charge is 2.22. The van der Waals surface area contributed by atoms with Crippen LogP contribution in [-0.4, -0.2) is 51.9 Å². The Morgan fingerprint density at radius 2 is 1.71 bits per heavy atom. The number of fused-ring (bicyclic) bond motifs is 1. The number of nitrogens with zero attached hydrogens (tertiary/aromatic N) is 2. The van der Waals surface area contributed by atoms with Crippen molar-refractivity contribution in [2.24, 2.45) is 0 Å². The average Bonchev–Trinajstić information content (AvgIpc) is 3.15. The first-order chi connectivity index (χ1) is 14.8. The summed E-state index contributed by atoms with van der Waals surface area (Å²) < 4.78 is 37.5. The van der Waals surface area contributed by atoms with E-state index in [0.29, 0.717) is 27.9 Å². The van der Waals surface area contributed by atoms with Gasteiger partial charge in [0, 0.05) is 24.5 Å². The van der Waals surface area contributed by atoms with Gasteiger partial charge in [-0.25, -0.2) is 13.2 Å². The Labute approximate surface area is 181 Å². The number of para-hydroxylation sites is 3. The number of rotatable bonds is 8. The molecule has 0 spiro atoms. The number of ether oxygens (including phenoxy) is 2. The smallest absolute Gasteiger partial charge is 0.340 e. The van der Waals surface area contributed by atoms with Crippen LogP contribution in [0.3, 0.4) is 0 Å². The van der Waals surface area contributed by atoms with E-state index in [4.69, 9.17) is 9.47 Å². The SMILES string of the molecule is COC(=O)c1cn(C(=O)CCCN(c2ccccc2OC)S(C)(=O)=O)c2ccccc12. The van der Waals surface area contributed by atoms with Crippen LogP contribution in [0.2, 0.25) is 0 Å². The molecule has 0 aliphatic heterocycles. The van der Waals surface area contributed by atoms with Crippen LogP contribution in [0.4, 0.5) is 5.69 Å². The summed E-state index contributed by atoms with van der Waals surface area (Å²) in [7, 11) is -0.828. The first-order valence-electron chi connectivity index (χ1n) is 9.60. The van der Waals surface area contributed by atoms with Gasteiger partial charge in [0.1, 0.15) is 5.75 Å². The molecular formula is C22H24N2O6S. The van der Waals surface area contributed by atoms with Crippen LogP contribution < -0.4 is 9.04 Å². The zero-order chi connectivity index (χ0) is 22.6. The predicted octanol–water partition coefficient (Wildman–Crippen LogP) is 3.32. The van der Waals surface area contributed by atoms with Gasteiger partial charge in [-0.15, -0.1) is 0 Å². The van der Waals surface area contributed by atoms with Gasteiger partial charge in [0.05, 0.1) is 37.2 Å².